The molecular weight excluding hydrogens is 478 g/mol. The van der Waals surface area contributed by atoms with Crippen LogP contribution in [0.1, 0.15) is 96.5 Å². The molecule has 0 aliphatic carbocycles. The van der Waals surface area contributed by atoms with E-state index in [1.807, 2.05) is 6.92 Å². The van der Waals surface area contributed by atoms with Crippen molar-refractivity contribution in [3.05, 3.63) is 48.0 Å². The summed E-state index contributed by atoms with van der Waals surface area (Å²) in [4.78, 5) is 26.8. The normalized spacial score (nSPS) is 10.6. The van der Waals surface area contributed by atoms with E-state index in [2.05, 4.69) is 18.3 Å². The summed E-state index contributed by atoms with van der Waals surface area (Å²) in [5, 5.41) is 22.5. The first-order valence-corrected chi connectivity index (χ1v) is 14.0. The van der Waals surface area contributed by atoms with Gasteiger partial charge in [-0.25, -0.2) is 0 Å². The van der Waals surface area contributed by atoms with Crippen LogP contribution < -0.4 is 15.0 Å². The highest BCUT2D eigenvalue weighted by atomic mass is 16.5. The molecule has 0 spiro atoms. The van der Waals surface area contributed by atoms with Gasteiger partial charge in [0.1, 0.15) is 17.6 Å². The largest absolute Gasteiger partial charge is 0.506 e. The third-order valence-corrected chi connectivity index (χ3v) is 6.44. The Bertz CT molecular complexity index is 1050. The summed E-state index contributed by atoms with van der Waals surface area (Å²) >= 11 is 0. The highest BCUT2D eigenvalue weighted by Crippen LogP contribution is 2.30. The SMILES string of the molecule is CCCCCCCCCCCCN(C(=O)COc1ccccc1C#N)c1ccc(NC(=O)CCC)c(O)c1. The number of nitriles is 1. The van der Waals surface area contributed by atoms with E-state index in [4.69, 9.17) is 4.74 Å². The average Bonchev–Trinajstić information content (AvgIpc) is 2.92. The molecule has 0 radical (unpaired) electrons. The summed E-state index contributed by atoms with van der Waals surface area (Å²) in [7, 11) is 0. The average molecular weight is 522 g/mol. The van der Waals surface area contributed by atoms with E-state index in [0.29, 0.717) is 42.1 Å². The Hall–Kier alpha value is -3.53. The summed E-state index contributed by atoms with van der Waals surface area (Å²) in [5.41, 5.74) is 1.22. The van der Waals surface area contributed by atoms with Crippen molar-refractivity contribution in [3.8, 4) is 17.6 Å². The number of anilines is 2. The lowest BCUT2D eigenvalue weighted by Gasteiger charge is -2.24. The number of carbonyl (C=O) groups excluding carboxylic acids is 2. The van der Waals surface area contributed by atoms with Crippen molar-refractivity contribution in [1.29, 1.82) is 5.26 Å². The Labute approximate surface area is 227 Å². The number of hydrogen-bond acceptors (Lipinski definition) is 5. The highest BCUT2D eigenvalue weighted by Gasteiger charge is 2.19. The van der Waals surface area contributed by atoms with Gasteiger partial charge >= 0.3 is 0 Å². The second-order valence-corrected chi connectivity index (χ2v) is 9.62. The predicted octanol–water partition coefficient (Wildman–Crippen LogP) is 7.34. The van der Waals surface area contributed by atoms with Crippen LogP contribution in [0.5, 0.6) is 11.5 Å². The minimum atomic E-state index is -0.268. The second kappa shape index (κ2) is 17.8. The topological polar surface area (TPSA) is 103 Å². The van der Waals surface area contributed by atoms with E-state index in [9.17, 15) is 20.0 Å². The fourth-order valence-corrected chi connectivity index (χ4v) is 4.29. The third kappa shape index (κ3) is 10.8. The molecule has 0 saturated heterocycles. The molecule has 0 fully saturated rings. The number of phenolic OH excluding ortho intramolecular Hbond substituents is 1. The molecule has 2 amide bonds. The van der Waals surface area contributed by atoms with Crippen LogP contribution in [0.15, 0.2) is 42.5 Å². The predicted molar refractivity (Wildman–Crippen MR) is 152 cm³/mol. The lowest BCUT2D eigenvalue weighted by Crippen LogP contribution is -2.36. The van der Waals surface area contributed by atoms with E-state index in [1.54, 1.807) is 41.3 Å². The Kier molecular flexibility index (Phi) is 14.4. The highest BCUT2D eigenvalue weighted by molar-refractivity contribution is 5.96. The lowest BCUT2D eigenvalue weighted by atomic mass is 10.1. The van der Waals surface area contributed by atoms with E-state index in [0.717, 1.165) is 19.3 Å². The molecule has 0 heterocycles. The van der Waals surface area contributed by atoms with Gasteiger partial charge in [0.25, 0.3) is 5.91 Å². The molecule has 0 unspecified atom stereocenters. The van der Waals surface area contributed by atoms with Gasteiger partial charge in [-0.2, -0.15) is 5.26 Å². The number of unbranched alkanes of at least 4 members (excludes halogenated alkanes) is 9. The number of nitrogens with zero attached hydrogens (tertiary/aromatic N) is 2. The van der Waals surface area contributed by atoms with Crippen LogP contribution in [-0.4, -0.2) is 30.1 Å². The zero-order chi connectivity index (χ0) is 27.6. The molecule has 38 heavy (non-hydrogen) atoms. The van der Waals surface area contributed by atoms with Crippen LogP contribution in [-0.2, 0) is 9.59 Å². The summed E-state index contributed by atoms with van der Waals surface area (Å²) in [5.74, 6) is -0.170. The van der Waals surface area contributed by atoms with Crippen molar-refractivity contribution in [2.75, 3.05) is 23.4 Å². The number of rotatable bonds is 18. The van der Waals surface area contributed by atoms with Gasteiger partial charge < -0.3 is 20.1 Å². The molecule has 7 heteroatoms. The number of hydrogen-bond donors (Lipinski definition) is 2. The van der Waals surface area contributed by atoms with Crippen LogP contribution in [0.3, 0.4) is 0 Å². The van der Waals surface area contributed by atoms with Gasteiger partial charge in [-0.1, -0.05) is 83.8 Å². The molecule has 2 aromatic rings. The maximum Gasteiger partial charge on any atom is 0.264 e. The fourth-order valence-electron chi connectivity index (χ4n) is 4.29. The molecule has 7 nitrogen and oxygen atoms in total. The summed E-state index contributed by atoms with van der Waals surface area (Å²) < 4.78 is 5.69. The number of ether oxygens (including phenoxy) is 1. The molecule has 2 N–H and O–H groups in total. The Balaban J connectivity index is 2.00. The number of phenols is 1. The smallest absolute Gasteiger partial charge is 0.264 e. The van der Waals surface area contributed by atoms with Crippen LogP contribution in [0.4, 0.5) is 11.4 Å². The number of para-hydroxylation sites is 1. The first-order chi connectivity index (χ1) is 18.5. The number of nitrogens with one attached hydrogen (secondary N) is 1. The molecule has 0 atom stereocenters. The van der Waals surface area contributed by atoms with Crippen LogP contribution in [0, 0.1) is 11.3 Å². The van der Waals surface area contributed by atoms with Crippen LogP contribution in [0.25, 0.3) is 0 Å². The standard InChI is InChI=1S/C31H43N3O4/c1-3-5-6-7-8-9-10-11-12-15-21-34(31(37)24-38-29-18-14-13-17-25(29)23-32)26-19-20-27(28(35)22-26)33-30(36)16-4-2/h13-14,17-20,22,35H,3-12,15-16,21,24H2,1-2H3,(H,33,36). The second-order valence-electron chi connectivity index (χ2n) is 9.62. The van der Waals surface area contributed by atoms with Crippen molar-refractivity contribution >= 4 is 23.2 Å². The van der Waals surface area contributed by atoms with Gasteiger partial charge in [-0.15, -0.1) is 0 Å². The molecule has 0 aliphatic heterocycles. The molecule has 0 bridgehead atoms. The Morgan fingerprint density at radius 2 is 1.58 bits per heavy atom. The van der Waals surface area contributed by atoms with Crippen molar-refractivity contribution in [3.63, 3.8) is 0 Å². The van der Waals surface area contributed by atoms with Crippen LogP contribution >= 0.6 is 0 Å². The van der Waals surface area contributed by atoms with Gasteiger partial charge in [0, 0.05) is 24.7 Å². The monoisotopic (exact) mass is 521 g/mol. The van der Waals surface area contributed by atoms with Crippen molar-refractivity contribution < 1.29 is 19.4 Å². The minimum Gasteiger partial charge on any atom is -0.506 e. The molecule has 0 aromatic heterocycles. The lowest BCUT2D eigenvalue weighted by molar-refractivity contribution is -0.120. The van der Waals surface area contributed by atoms with Gasteiger partial charge in [-0.05, 0) is 37.1 Å². The van der Waals surface area contributed by atoms with E-state index in [-0.39, 0.29) is 24.2 Å². The summed E-state index contributed by atoms with van der Waals surface area (Å²) in [6.07, 6.45) is 13.0. The van der Waals surface area contributed by atoms with Gasteiger partial charge in [0.2, 0.25) is 5.91 Å². The Morgan fingerprint density at radius 3 is 2.21 bits per heavy atom. The van der Waals surface area contributed by atoms with E-state index < -0.39 is 0 Å². The van der Waals surface area contributed by atoms with Crippen molar-refractivity contribution in [1.82, 2.24) is 0 Å². The number of amides is 2. The first-order valence-electron chi connectivity index (χ1n) is 14.0. The quantitative estimate of drug-likeness (QED) is 0.158. The minimum absolute atomic E-state index is 0.0939. The third-order valence-electron chi connectivity index (χ3n) is 6.44. The molecule has 0 aliphatic rings. The maximum absolute atomic E-state index is 13.2. The van der Waals surface area contributed by atoms with Crippen molar-refractivity contribution in [2.45, 2.75) is 90.9 Å². The van der Waals surface area contributed by atoms with Gasteiger partial charge in [0.15, 0.2) is 6.61 Å². The molecule has 206 valence electrons. The molecule has 2 aromatic carbocycles. The summed E-state index contributed by atoms with van der Waals surface area (Å²) in [6.45, 7) is 4.40. The van der Waals surface area contributed by atoms with Gasteiger partial charge in [0.05, 0.1) is 11.3 Å². The van der Waals surface area contributed by atoms with Crippen molar-refractivity contribution in [2.24, 2.45) is 0 Å². The zero-order valence-electron chi connectivity index (χ0n) is 23.0. The first kappa shape index (κ1) is 30.7. The van der Waals surface area contributed by atoms with Gasteiger partial charge in [-0.3, -0.25) is 9.59 Å². The number of aromatic hydroxyl groups is 1. The molecule has 0 saturated carbocycles. The molecule has 2 rings (SSSR count). The Morgan fingerprint density at radius 1 is 0.921 bits per heavy atom. The number of benzene rings is 2. The van der Waals surface area contributed by atoms with E-state index >= 15 is 0 Å². The fraction of sp³-hybridized carbons (Fsp3) is 0.516. The van der Waals surface area contributed by atoms with Crippen LogP contribution in [0.2, 0.25) is 0 Å². The zero-order valence-corrected chi connectivity index (χ0v) is 23.0. The number of carbonyl (C=O) groups is 2. The summed E-state index contributed by atoms with van der Waals surface area (Å²) in [6, 6.07) is 13.7. The molecular formula is C31H43N3O4. The maximum atomic E-state index is 13.2. The van der Waals surface area contributed by atoms with E-state index in [1.165, 1.54) is 51.0 Å².